The minimum absolute atomic E-state index is 0.0821. The van der Waals surface area contributed by atoms with E-state index in [-0.39, 0.29) is 37.0 Å². The average molecular weight is 649 g/mol. The summed E-state index contributed by atoms with van der Waals surface area (Å²) in [7, 11) is 0. The molecule has 11 heteroatoms. The zero-order valence-electron chi connectivity index (χ0n) is 27.6. The molecule has 254 valence electrons. The lowest BCUT2D eigenvalue weighted by Crippen LogP contribution is -2.59. The molecule has 5 N–H and O–H groups in total. The third kappa shape index (κ3) is 10.4. The topological polar surface area (TPSA) is 163 Å². The maximum absolute atomic E-state index is 14.1. The molecule has 0 spiro atoms. The van der Waals surface area contributed by atoms with Gasteiger partial charge in [0.25, 0.3) is 5.91 Å². The summed E-state index contributed by atoms with van der Waals surface area (Å²) in [4.78, 5) is 65.5. The van der Waals surface area contributed by atoms with E-state index >= 15 is 0 Å². The lowest BCUT2D eigenvalue weighted by Gasteiger charge is -2.32. The Morgan fingerprint density at radius 2 is 1.66 bits per heavy atom. The molecule has 1 aliphatic carbocycles. The van der Waals surface area contributed by atoms with Gasteiger partial charge in [0.05, 0.1) is 12.6 Å². The number of ether oxygens (including phenoxy) is 1. The number of aliphatic hydroxyl groups excluding tert-OH is 1. The Morgan fingerprint density at radius 1 is 0.936 bits per heavy atom. The van der Waals surface area contributed by atoms with Crippen LogP contribution in [0.1, 0.15) is 76.8 Å². The lowest BCUT2D eigenvalue weighted by molar-refractivity contribution is -0.136. The number of carbonyl (C=O) groups excluding carboxylic acids is 5. The number of hydrogen-bond acceptors (Lipinski definition) is 7. The van der Waals surface area contributed by atoms with E-state index in [1.807, 2.05) is 44.2 Å². The maximum Gasteiger partial charge on any atom is 0.251 e. The first kappa shape index (κ1) is 35.6. The summed E-state index contributed by atoms with van der Waals surface area (Å²) in [5.74, 6) is -1.65. The van der Waals surface area contributed by atoms with Crippen molar-refractivity contribution in [1.82, 2.24) is 21.3 Å². The average Bonchev–Trinajstić information content (AvgIpc) is 3.06. The molecule has 0 aromatic heterocycles. The number of aliphatic hydroxyl groups is 1. The molecule has 5 unspecified atom stereocenters. The third-order valence-electron chi connectivity index (χ3n) is 8.91. The van der Waals surface area contributed by atoms with Gasteiger partial charge < -0.3 is 31.1 Å². The number of carbonyl (C=O) groups is 5. The smallest absolute Gasteiger partial charge is 0.251 e. The Hall–Kier alpha value is -4.25. The van der Waals surface area contributed by atoms with Gasteiger partial charge in [-0.15, -0.1) is 0 Å². The molecule has 2 heterocycles. The largest absolute Gasteiger partial charge is 0.457 e. The Labute approximate surface area is 276 Å². The molecule has 0 radical (unpaired) electrons. The van der Waals surface area contributed by atoms with E-state index in [0.717, 1.165) is 37.7 Å². The second-order valence-electron chi connectivity index (χ2n) is 12.9. The van der Waals surface area contributed by atoms with Gasteiger partial charge in [0, 0.05) is 12.3 Å². The molecule has 2 aromatic rings. The highest BCUT2D eigenvalue weighted by molar-refractivity contribution is 5.93. The Kier molecular flexibility index (Phi) is 12.9. The number of Topliss-reactive ketones (excluding diaryl/α,β-unsaturated/α-hetero) is 1. The van der Waals surface area contributed by atoms with Crippen molar-refractivity contribution < 1.29 is 33.8 Å². The molecule has 11 nitrogen and oxygen atoms in total. The van der Waals surface area contributed by atoms with Crippen LogP contribution in [0.4, 0.5) is 0 Å². The monoisotopic (exact) mass is 648 g/mol. The summed E-state index contributed by atoms with van der Waals surface area (Å²) in [5.41, 5.74) is 1.68. The SMILES string of the molecule is CCCC(NC(=O)C1Cc2cccc(c2)Oc2ccc(cc2)CC(C)C(=O)NC(C2CCCCC2)C(=O)N1)C(O)C(=O)NCC(C)=O. The second kappa shape index (κ2) is 17.1. The molecule has 4 bridgehead atoms. The van der Waals surface area contributed by atoms with Gasteiger partial charge in [-0.05, 0) is 73.9 Å². The van der Waals surface area contributed by atoms with Gasteiger partial charge in [-0.1, -0.05) is 63.8 Å². The van der Waals surface area contributed by atoms with Gasteiger partial charge in [-0.2, -0.15) is 0 Å². The summed E-state index contributed by atoms with van der Waals surface area (Å²) in [6.07, 6.45) is 4.31. The summed E-state index contributed by atoms with van der Waals surface area (Å²) in [5, 5.41) is 21.9. The number of rotatable bonds is 9. The molecule has 5 rings (SSSR count). The van der Waals surface area contributed by atoms with Gasteiger partial charge in [0.15, 0.2) is 6.10 Å². The first-order chi connectivity index (χ1) is 22.5. The van der Waals surface area contributed by atoms with Crippen molar-refractivity contribution in [3.05, 3.63) is 59.7 Å². The van der Waals surface area contributed by atoms with Crippen LogP contribution in [-0.4, -0.2) is 65.3 Å². The van der Waals surface area contributed by atoms with Gasteiger partial charge >= 0.3 is 0 Å². The molecular weight excluding hydrogens is 600 g/mol. The highest BCUT2D eigenvalue weighted by Gasteiger charge is 2.36. The van der Waals surface area contributed by atoms with Crippen molar-refractivity contribution in [3.8, 4) is 11.5 Å². The molecule has 1 fully saturated rings. The van der Waals surface area contributed by atoms with Crippen molar-refractivity contribution in [2.24, 2.45) is 11.8 Å². The molecule has 3 aliphatic rings. The summed E-state index contributed by atoms with van der Waals surface area (Å²) in [6, 6.07) is 11.9. The van der Waals surface area contributed by atoms with E-state index in [1.165, 1.54) is 6.92 Å². The van der Waals surface area contributed by atoms with Crippen LogP contribution >= 0.6 is 0 Å². The lowest BCUT2D eigenvalue weighted by atomic mass is 9.83. The van der Waals surface area contributed by atoms with Crippen molar-refractivity contribution >= 4 is 29.4 Å². The zero-order chi connectivity index (χ0) is 33.9. The summed E-state index contributed by atoms with van der Waals surface area (Å²) < 4.78 is 6.08. The van der Waals surface area contributed by atoms with Crippen LogP contribution in [0.15, 0.2) is 48.5 Å². The van der Waals surface area contributed by atoms with Crippen LogP contribution in [-0.2, 0) is 36.8 Å². The van der Waals surface area contributed by atoms with Crippen molar-refractivity contribution in [2.75, 3.05) is 6.54 Å². The van der Waals surface area contributed by atoms with Gasteiger partial charge in [-0.25, -0.2) is 0 Å². The van der Waals surface area contributed by atoms with Crippen LogP contribution in [0.2, 0.25) is 0 Å². The normalized spacial score (nSPS) is 22.1. The van der Waals surface area contributed by atoms with Crippen LogP contribution in [0.25, 0.3) is 0 Å². The molecule has 4 amide bonds. The highest BCUT2D eigenvalue weighted by Crippen LogP contribution is 2.28. The minimum Gasteiger partial charge on any atom is -0.457 e. The number of benzene rings is 2. The van der Waals surface area contributed by atoms with Gasteiger partial charge in [0.2, 0.25) is 17.7 Å². The number of fused-ring (bicyclic) bond motifs is 10. The number of hydrogen-bond donors (Lipinski definition) is 5. The standard InChI is InChI=1S/C36H48N4O7/c1-4-9-29(32(42)36(46)37-21-23(3)41)38-34(44)30-20-25-10-8-13-28(19-25)47-27-16-14-24(15-17-27)18-22(2)33(43)40-31(35(45)39-30)26-11-6-5-7-12-26/h8,10,13-17,19,22,26,29-32,42H,4-7,9,11-12,18,20-21H2,1-3H3,(H,37,46)(H,38,44)(H,39,45)(H,40,43). The van der Waals surface area contributed by atoms with Crippen molar-refractivity contribution in [2.45, 2.75) is 103 Å². The zero-order valence-corrected chi connectivity index (χ0v) is 27.6. The van der Waals surface area contributed by atoms with Crippen LogP contribution in [0.5, 0.6) is 11.5 Å². The van der Waals surface area contributed by atoms with Crippen molar-refractivity contribution in [1.29, 1.82) is 0 Å². The number of ketones is 1. The summed E-state index contributed by atoms with van der Waals surface area (Å²) in [6.45, 7) is 4.76. The first-order valence-electron chi connectivity index (χ1n) is 16.8. The Bertz CT molecular complexity index is 1410. The van der Waals surface area contributed by atoms with E-state index in [0.29, 0.717) is 29.9 Å². The molecule has 2 aliphatic heterocycles. The minimum atomic E-state index is -1.61. The first-order valence-corrected chi connectivity index (χ1v) is 16.8. The maximum atomic E-state index is 14.1. The molecule has 2 aromatic carbocycles. The second-order valence-corrected chi connectivity index (χ2v) is 12.9. The Balaban J connectivity index is 1.66. The van der Waals surface area contributed by atoms with E-state index in [4.69, 9.17) is 4.74 Å². The fourth-order valence-corrected chi connectivity index (χ4v) is 6.28. The number of nitrogens with one attached hydrogen (secondary N) is 4. The van der Waals surface area contributed by atoms with Crippen LogP contribution in [0, 0.1) is 11.8 Å². The quantitative estimate of drug-likeness (QED) is 0.279. The predicted molar refractivity (Wildman–Crippen MR) is 177 cm³/mol. The van der Waals surface area contributed by atoms with E-state index in [2.05, 4.69) is 21.3 Å². The van der Waals surface area contributed by atoms with Crippen LogP contribution < -0.4 is 26.0 Å². The molecule has 1 saturated carbocycles. The van der Waals surface area contributed by atoms with Gasteiger partial charge in [-0.3, -0.25) is 24.0 Å². The number of amides is 4. The molecule has 0 saturated heterocycles. The van der Waals surface area contributed by atoms with Crippen molar-refractivity contribution in [3.63, 3.8) is 0 Å². The Morgan fingerprint density at radius 3 is 2.34 bits per heavy atom. The van der Waals surface area contributed by atoms with E-state index in [9.17, 15) is 29.1 Å². The molecule has 5 atom stereocenters. The third-order valence-corrected chi connectivity index (χ3v) is 8.91. The highest BCUT2D eigenvalue weighted by atomic mass is 16.5. The molecule has 47 heavy (non-hydrogen) atoms. The van der Waals surface area contributed by atoms with E-state index in [1.54, 1.807) is 18.2 Å². The fraction of sp³-hybridized carbons (Fsp3) is 0.528. The molecular formula is C36H48N4O7. The summed E-state index contributed by atoms with van der Waals surface area (Å²) >= 11 is 0. The predicted octanol–water partition coefficient (Wildman–Crippen LogP) is 3.11. The van der Waals surface area contributed by atoms with Gasteiger partial charge in [0.1, 0.15) is 29.4 Å². The van der Waals surface area contributed by atoms with Crippen LogP contribution in [0.3, 0.4) is 0 Å². The van der Waals surface area contributed by atoms with E-state index < -0.39 is 47.9 Å². The fourth-order valence-electron chi connectivity index (χ4n) is 6.28.